The number of aliphatic hydroxyl groups excluding tert-OH is 1. The highest BCUT2D eigenvalue weighted by Crippen LogP contribution is 2.44. The highest BCUT2D eigenvalue weighted by molar-refractivity contribution is 9.10. The standard InChI is InChI=1S/C15H20BrN3O/c16-12-3-1-11(2-4-12)14-7-18-5-6-19(8-14)10-15(17,9-18)13(14)20/h1-4,13,20H,5-10,17H2. The molecule has 20 heavy (non-hydrogen) atoms. The van der Waals surface area contributed by atoms with Gasteiger partial charge in [-0.05, 0) is 17.7 Å². The lowest BCUT2D eigenvalue weighted by Gasteiger charge is -2.58. The molecule has 1 aromatic carbocycles. The van der Waals surface area contributed by atoms with E-state index in [1.165, 1.54) is 5.56 Å². The Morgan fingerprint density at radius 3 is 2.15 bits per heavy atom. The van der Waals surface area contributed by atoms with E-state index in [1.54, 1.807) is 0 Å². The minimum absolute atomic E-state index is 0.248. The molecule has 4 heterocycles. The summed E-state index contributed by atoms with van der Waals surface area (Å²) in [5.74, 6) is 0. The number of hydrogen-bond donors (Lipinski definition) is 2. The minimum Gasteiger partial charge on any atom is -0.390 e. The average molecular weight is 338 g/mol. The van der Waals surface area contributed by atoms with Crippen LogP contribution >= 0.6 is 15.9 Å². The Labute approximate surface area is 127 Å². The molecule has 1 aromatic rings. The zero-order chi connectivity index (χ0) is 14.0. The minimum atomic E-state index is -0.500. The molecule has 3 N–H and O–H groups in total. The van der Waals surface area contributed by atoms with Gasteiger partial charge in [-0.3, -0.25) is 9.80 Å². The van der Waals surface area contributed by atoms with Gasteiger partial charge in [-0.25, -0.2) is 0 Å². The number of fused-ring (bicyclic) bond motifs is 1. The van der Waals surface area contributed by atoms with Crippen molar-refractivity contribution in [1.82, 2.24) is 9.80 Å². The van der Waals surface area contributed by atoms with Gasteiger partial charge in [-0.1, -0.05) is 28.1 Å². The molecule has 5 rings (SSSR count). The first-order valence-corrected chi connectivity index (χ1v) is 7.99. The van der Waals surface area contributed by atoms with Crippen LogP contribution in [0.5, 0.6) is 0 Å². The molecule has 0 saturated carbocycles. The van der Waals surface area contributed by atoms with Crippen molar-refractivity contribution in [2.24, 2.45) is 5.73 Å². The maximum atomic E-state index is 11.0. The van der Waals surface area contributed by atoms with Crippen molar-refractivity contribution in [3.8, 4) is 0 Å². The van der Waals surface area contributed by atoms with E-state index in [2.05, 4.69) is 50.0 Å². The molecule has 0 radical (unpaired) electrons. The Morgan fingerprint density at radius 1 is 1.05 bits per heavy atom. The largest absolute Gasteiger partial charge is 0.390 e. The van der Waals surface area contributed by atoms with Gasteiger partial charge in [0.15, 0.2) is 0 Å². The Bertz CT molecular complexity index is 516. The van der Waals surface area contributed by atoms with Crippen LogP contribution in [0.15, 0.2) is 28.7 Å². The fourth-order valence-corrected chi connectivity index (χ4v) is 4.72. The molecule has 4 bridgehead atoms. The van der Waals surface area contributed by atoms with Crippen LogP contribution in [-0.2, 0) is 5.41 Å². The molecule has 108 valence electrons. The van der Waals surface area contributed by atoms with Crippen molar-refractivity contribution in [3.05, 3.63) is 34.3 Å². The van der Waals surface area contributed by atoms with Crippen LogP contribution in [-0.4, -0.2) is 65.8 Å². The lowest BCUT2D eigenvalue weighted by atomic mass is 9.63. The first kappa shape index (κ1) is 13.2. The maximum Gasteiger partial charge on any atom is 0.0865 e. The second kappa shape index (κ2) is 4.27. The first-order valence-electron chi connectivity index (χ1n) is 7.20. The normalized spacial score (nSPS) is 46.5. The van der Waals surface area contributed by atoms with E-state index in [9.17, 15) is 5.11 Å². The number of nitrogens with zero attached hydrogens (tertiary/aromatic N) is 2. The van der Waals surface area contributed by atoms with Gasteiger partial charge in [-0.15, -0.1) is 0 Å². The summed E-state index contributed by atoms with van der Waals surface area (Å²) in [6.07, 6.45) is -0.471. The summed E-state index contributed by atoms with van der Waals surface area (Å²) < 4.78 is 1.07. The summed E-state index contributed by atoms with van der Waals surface area (Å²) in [6, 6.07) is 8.38. The molecule has 3 unspecified atom stereocenters. The highest BCUT2D eigenvalue weighted by atomic mass is 79.9. The van der Waals surface area contributed by atoms with E-state index in [4.69, 9.17) is 5.73 Å². The monoisotopic (exact) mass is 337 g/mol. The van der Waals surface area contributed by atoms with Crippen LogP contribution in [0.3, 0.4) is 0 Å². The molecule has 0 aromatic heterocycles. The Morgan fingerprint density at radius 2 is 1.60 bits per heavy atom. The van der Waals surface area contributed by atoms with E-state index in [0.717, 1.165) is 43.7 Å². The van der Waals surface area contributed by atoms with Crippen LogP contribution in [0, 0.1) is 0 Å². The van der Waals surface area contributed by atoms with Gasteiger partial charge in [0.2, 0.25) is 0 Å². The summed E-state index contributed by atoms with van der Waals surface area (Å²) in [7, 11) is 0. The zero-order valence-corrected chi connectivity index (χ0v) is 13.0. The summed E-state index contributed by atoms with van der Waals surface area (Å²) >= 11 is 3.49. The van der Waals surface area contributed by atoms with E-state index in [-0.39, 0.29) is 5.41 Å². The van der Waals surface area contributed by atoms with Crippen molar-refractivity contribution in [2.75, 3.05) is 39.3 Å². The van der Waals surface area contributed by atoms with Crippen LogP contribution in [0.25, 0.3) is 0 Å². The molecule has 0 spiro atoms. The molecule has 4 fully saturated rings. The number of nitrogens with two attached hydrogens (primary N) is 1. The molecule has 4 saturated heterocycles. The number of aliphatic hydroxyl groups is 1. The molecule has 4 nitrogen and oxygen atoms in total. The van der Waals surface area contributed by atoms with Crippen molar-refractivity contribution in [3.63, 3.8) is 0 Å². The maximum absolute atomic E-state index is 11.0. The van der Waals surface area contributed by atoms with E-state index in [0.29, 0.717) is 0 Å². The summed E-state index contributed by atoms with van der Waals surface area (Å²) in [4.78, 5) is 4.86. The smallest absolute Gasteiger partial charge is 0.0865 e. The third-order valence-electron chi connectivity index (χ3n) is 5.27. The van der Waals surface area contributed by atoms with Crippen LogP contribution in [0.1, 0.15) is 5.56 Å². The average Bonchev–Trinajstić information content (AvgIpc) is 2.63. The Kier molecular flexibility index (Phi) is 2.82. The Balaban J connectivity index is 1.84. The highest BCUT2D eigenvalue weighted by Gasteiger charge is 2.60. The van der Waals surface area contributed by atoms with Gasteiger partial charge >= 0.3 is 0 Å². The fraction of sp³-hybridized carbons (Fsp3) is 0.600. The first-order chi connectivity index (χ1) is 9.52. The van der Waals surface area contributed by atoms with Gasteiger partial charge < -0.3 is 10.8 Å². The summed E-state index contributed by atoms with van der Waals surface area (Å²) in [5, 5.41) is 11.0. The molecular weight excluding hydrogens is 318 g/mol. The molecule has 0 aliphatic carbocycles. The van der Waals surface area contributed by atoms with Gasteiger partial charge in [0.05, 0.1) is 11.6 Å². The van der Waals surface area contributed by atoms with Gasteiger partial charge in [0.25, 0.3) is 0 Å². The van der Waals surface area contributed by atoms with E-state index in [1.807, 2.05) is 0 Å². The molecule has 5 heteroatoms. The molecule has 0 amide bonds. The number of hydrogen-bond acceptors (Lipinski definition) is 4. The van der Waals surface area contributed by atoms with E-state index < -0.39 is 11.6 Å². The van der Waals surface area contributed by atoms with Crippen LogP contribution in [0.2, 0.25) is 0 Å². The molecular formula is C15H20BrN3O. The summed E-state index contributed by atoms with van der Waals surface area (Å²) in [6.45, 7) is 5.55. The van der Waals surface area contributed by atoms with Crippen molar-refractivity contribution >= 4 is 15.9 Å². The van der Waals surface area contributed by atoms with E-state index >= 15 is 0 Å². The van der Waals surface area contributed by atoms with Crippen molar-refractivity contribution < 1.29 is 5.11 Å². The second-order valence-corrected chi connectivity index (χ2v) is 7.64. The molecule has 4 aliphatic heterocycles. The third-order valence-corrected chi connectivity index (χ3v) is 5.80. The Hall–Kier alpha value is -0.460. The zero-order valence-electron chi connectivity index (χ0n) is 11.4. The number of halogens is 1. The predicted molar refractivity (Wildman–Crippen MR) is 81.6 cm³/mol. The van der Waals surface area contributed by atoms with Crippen LogP contribution in [0.4, 0.5) is 0 Å². The topological polar surface area (TPSA) is 52.7 Å². The SMILES string of the molecule is NC12CN3CCN(C1)CC(c1ccc(Br)cc1)(C3)C2O. The van der Waals surface area contributed by atoms with Crippen LogP contribution < -0.4 is 5.73 Å². The van der Waals surface area contributed by atoms with Crippen molar-refractivity contribution in [1.29, 1.82) is 0 Å². The molecule has 4 aliphatic rings. The fourth-order valence-electron chi connectivity index (χ4n) is 4.46. The number of piperidine rings is 2. The second-order valence-electron chi connectivity index (χ2n) is 6.72. The van der Waals surface area contributed by atoms with Gasteiger partial charge in [-0.2, -0.15) is 0 Å². The lowest BCUT2D eigenvalue weighted by molar-refractivity contribution is -0.0889. The number of rotatable bonds is 1. The lowest BCUT2D eigenvalue weighted by Crippen LogP contribution is -2.78. The van der Waals surface area contributed by atoms with Crippen molar-refractivity contribution in [2.45, 2.75) is 17.1 Å². The molecule has 3 atom stereocenters. The van der Waals surface area contributed by atoms with Gasteiger partial charge in [0, 0.05) is 49.2 Å². The van der Waals surface area contributed by atoms with Gasteiger partial charge in [0.1, 0.15) is 0 Å². The quantitative estimate of drug-likeness (QED) is 0.778. The third kappa shape index (κ3) is 1.74. The number of benzene rings is 1. The summed E-state index contributed by atoms with van der Waals surface area (Å²) in [5.41, 5.74) is 7.03. The predicted octanol–water partition coefficient (Wildman–Crippen LogP) is 0.390.